The maximum Gasteiger partial charge on any atom is 0.435 e. The highest BCUT2D eigenvalue weighted by Gasteiger charge is 2.33. The van der Waals surface area contributed by atoms with Crippen molar-refractivity contribution in [3.63, 3.8) is 0 Å². The van der Waals surface area contributed by atoms with Gasteiger partial charge in [0.1, 0.15) is 6.54 Å². The number of carbonyl (C=O) groups excluding carboxylic acids is 1. The molecule has 1 heterocycles. The van der Waals surface area contributed by atoms with Crippen LogP contribution in [-0.4, -0.2) is 15.7 Å². The lowest BCUT2D eigenvalue weighted by Gasteiger charge is -2.09. The monoisotopic (exact) mass is 372 g/mol. The Bertz CT molecular complexity index is 693. The molecule has 0 spiro atoms. The van der Waals surface area contributed by atoms with Crippen LogP contribution in [0.5, 0.6) is 5.75 Å². The van der Waals surface area contributed by atoms with Crippen LogP contribution in [0.25, 0.3) is 0 Å². The van der Waals surface area contributed by atoms with Gasteiger partial charge in [-0.05, 0) is 18.2 Å². The maximum atomic E-state index is 12.4. The fourth-order valence-corrected chi connectivity index (χ4v) is 2.40. The number of benzene rings is 1. The van der Waals surface area contributed by atoms with E-state index in [9.17, 15) is 18.0 Å². The molecule has 0 saturated carbocycles. The van der Waals surface area contributed by atoms with Crippen molar-refractivity contribution in [2.45, 2.75) is 12.7 Å². The van der Waals surface area contributed by atoms with Crippen LogP contribution in [0.1, 0.15) is 5.69 Å². The van der Waals surface area contributed by atoms with Crippen molar-refractivity contribution in [1.82, 2.24) is 9.78 Å². The van der Waals surface area contributed by atoms with Crippen molar-refractivity contribution >= 4 is 40.8 Å². The molecule has 1 aromatic heterocycles. The van der Waals surface area contributed by atoms with E-state index in [4.69, 9.17) is 39.5 Å². The minimum absolute atomic E-state index is 0.00213. The molecule has 22 heavy (non-hydrogen) atoms. The van der Waals surface area contributed by atoms with E-state index in [0.717, 1.165) is 16.9 Å². The first-order chi connectivity index (χ1) is 10.2. The average molecular weight is 374 g/mol. The van der Waals surface area contributed by atoms with Gasteiger partial charge in [-0.15, -0.1) is 0 Å². The Kier molecular flexibility index (Phi) is 4.89. The quantitative estimate of drug-likeness (QED) is 0.589. The van der Waals surface area contributed by atoms with Crippen LogP contribution in [0, 0.1) is 0 Å². The highest BCUT2D eigenvalue weighted by Crippen LogP contribution is 2.36. The Hall–Kier alpha value is -1.44. The van der Waals surface area contributed by atoms with Gasteiger partial charge in [-0.3, -0.25) is 4.68 Å². The third-order valence-corrected chi connectivity index (χ3v) is 3.18. The van der Waals surface area contributed by atoms with E-state index in [1.165, 1.54) is 12.1 Å². The van der Waals surface area contributed by atoms with Crippen molar-refractivity contribution in [2.75, 3.05) is 0 Å². The van der Waals surface area contributed by atoms with Crippen molar-refractivity contribution in [3.05, 3.63) is 45.2 Å². The predicted octanol–water partition coefficient (Wildman–Crippen LogP) is 4.47. The van der Waals surface area contributed by atoms with Crippen LogP contribution in [0.2, 0.25) is 15.1 Å². The largest absolute Gasteiger partial charge is 0.435 e. The van der Waals surface area contributed by atoms with Crippen LogP contribution in [0.3, 0.4) is 0 Å². The zero-order chi connectivity index (χ0) is 16.5. The molecule has 118 valence electrons. The van der Waals surface area contributed by atoms with Crippen molar-refractivity contribution in [2.24, 2.45) is 0 Å². The number of rotatable bonds is 3. The number of halogens is 6. The minimum Gasteiger partial charge on any atom is -0.422 e. The molecule has 0 aliphatic carbocycles. The molecule has 0 fully saturated rings. The van der Waals surface area contributed by atoms with Gasteiger partial charge in [-0.2, -0.15) is 18.3 Å². The number of carbonyl (C=O) groups is 1. The molecule has 0 aliphatic rings. The van der Waals surface area contributed by atoms with Gasteiger partial charge in [0.2, 0.25) is 0 Å². The van der Waals surface area contributed by atoms with Gasteiger partial charge in [0, 0.05) is 11.2 Å². The highest BCUT2D eigenvalue weighted by molar-refractivity contribution is 6.40. The molecule has 0 radical (unpaired) electrons. The first-order valence-electron chi connectivity index (χ1n) is 5.62. The summed E-state index contributed by atoms with van der Waals surface area (Å²) in [5, 5.41) is 3.48. The number of alkyl halides is 3. The summed E-state index contributed by atoms with van der Waals surface area (Å²) in [4.78, 5) is 11.7. The molecule has 0 bridgehead atoms. The Morgan fingerprint density at radius 2 is 1.82 bits per heavy atom. The molecule has 2 aromatic rings. The van der Waals surface area contributed by atoms with Gasteiger partial charge in [0.25, 0.3) is 0 Å². The Morgan fingerprint density at radius 1 is 1.23 bits per heavy atom. The number of ether oxygens (including phenoxy) is 1. The molecule has 4 nitrogen and oxygen atoms in total. The molecule has 0 aliphatic heterocycles. The minimum atomic E-state index is -4.59. The molecule has 0 N–H and O–H groups in total. The lowest BCUT2D eigenvalue weighted by Crippen LogP contribution is -2.18. The van der Waals surface area contributed by atoms with Gasteiger partial charge in [0.05, 0.1) is 10.0 Å². The third kappa shape index (κ3) is 4.06. The summed E-state index contributed by atoms with van der Waals surface area (Å²) >= 11 is 17.4. The Balaban J connectivity index is 2.09. The molecule has 0 unspecified atom stereocenters. The molecule has 2 rings (SSSR count). The summed E-state index contributed by atoms with van der Waals surface area (Å²) in [6.45, 7) is -0.536. The first kappa shape index (κ1) is 16.9. The van der Waals surface area contributed by atoms with Crippen LogP contribution in [-0.2, 0) is 17.5 Å². The normalized spacial score (nSPS) is 11.5. The van der Waals surface area contributed by atoms with Crippen LogP contribution >= 0.6 is 34.8 Å². The number of hydrogen-bond donors (Lipinski definition) is 0. The molecule has 10 heteroatoms. The fraction of sp³-hybridized carbons (Fsp3) is 0.167. The topological polar surface area (TPSA) is 44.1 Å². The summed E-state index contributed by atoms with van der Waals surface area (Å²) in [6, 6.07) is 3.37. The molecular formula is C12H6Cl3F3N2O2. The summed E-state index contributed by atoms with van der Waals surface area (Å²) in [5.74, 6) is -1.01. The van der Waals surface area contributed by atoms with E-state index in [1.54, 1.807) is 0 Å². The van der Waals surface area contributed by atoms with Gasteiger partial charge < -0.3 is 4.74 Å². The molecule has 0 saturated heterocycles. The van der Waals surface area contributed by atoms with E-state index in [0.29, 0.717) is 0 Å². The van der Waals surface area contributed by atoms with Crippen molar-refractivity contribution in [3.8, 4) is 5.75 Å². The fourth-order valence-electron chi connectivity index (χ4n) is 1.51. The van der Waals surface area contributed by atoms with Crippen LogP contribution < -0.4 is 4.74 Å². The van der Waals surface area contributed by atoms with Crippen LogP contribution in [0.15, 0.2) is 24.4 Å². The zero-order valence-corrected chi connectivity index (χ0v) is 12.8. The van der Waals surface area contributed by atoms with E-state index >= 15 is 0 Å². The van der Waals surface area contributed by atoms with E-state index in [1.807, 2.05) is 0 Å². The number of hydrogen-bond acceptors (Lipinski definition) is 3. The summed E-state index contributed by atoms with van der Waals surface area (Å²) in [5.41, 5.74) is -1.11. The number of esters is 1. The third-order valence-electron chi connectivity index (χ3n) is 2.40. The lowest BCUT2D eigenvalue weighted by atomic mass is 10.3. The summed E-state index contributed by atoms with van der Waals surface area (Å²) in [7, 11) is 0. The second kappa shape index (κ2) is 6.36. The predicted molar refractivity (Wildman–Crippen MR) is 74.3 cm³/mol. The Labute approximate surface area is 137 Å². The lowest BCUT2D eigenvalue weighted by molar-refractivity contribution is -0.142. The van der Waals surface area contributed by atoms with Crippen molar-refractivity contribution < 1.29 is 22.7 Å². The Morgan fingerprint density at radius 3 is 2.32 bits per heavy atom. The maximum absolute atomic E-state index is 12.4. The SMILES string of the molecule is O=C(Cn1ccc(C(F)(F)F)n1)Oc1c(Cl)cc(Cl)cc1Cl. The standard InChI is InChI=1S/C12H6Cl3F3N2O2/c13-6-3-7(14)11(8(15)4-6)22-10(21)5-20-2-1-9(19-20)12(16,17)18/h1-4H,5H2. The zero-order valence-electron chi connectivity index (χ0n) is 10.5. The molecular weight excluding hydrogens is 367 g/mol. The molecule has 1 aromatic carbocycles. The molecule has 0 atom stereocenters. The second-order valence-corrected chi connectivity index (χ2v) is 5.32. The smallest absolute Gasteiger partial charge is 0.422 e. The highest BCUT2D eigenvalue weighted by atomic mass is 35.5. The second-order valence-electron chi connectivity index (χ2n) is 4.07. The van der Waals surface area contributed by atoms with E-state index < -0.39 is 24.4 Å². The van der Waals surface area contributed by atoms with Crippen LogP contribution in [0.4, 0.5) is 13.2 Å². The van der Waals surface area contributed by atoms with E-state index in [2.05, 4.69) is 5.10 Å². The number of aromatic nitrogens is 2. The average Bonchev–Trinajstić information content (AvgIpc) is 2.82. The van der Waals surface area contributed by atoms with Gasteiger partial charge in [-0.25, -0.2) is 4.79 Å². The van der Waals surface area contributed by atoms with Gasteiger partial charge in [-0.1, -0.05) is 34.8 Å². The number of nitrogens with zero attached hydrogens (tertiary/aromatic N) is 2. The van der Waals surface area contributed by atoms with Gasteiger partial charge in [0.15, 0.2) is 11.4 Å². The van der Waals surface area contributed by atoms with E-state index in [-0.39, 0.29) is 20.8 Å². The summed E-state index contributed by atoms with van der Waals surface area (Å²) < 4.78 is 42.9. The van der Waals surface area contributed by atoms with Crippen molar-refractivity contribution in [1.29, 1.82) is 0 Å². The summed E-state index contributed by atoms with van der Waals surface area (Å²) in [6.07, 6.45) is -3.58. The molecule has 0 amide bonds. The first-order valence-corrected chi connectivity index (χ1v) is 6.76. The van der Waals surface area contributed by atoms with Gasteiger partial charge >= 0.3 is 12.1 Å².